The summed E-state index contributed by atoms with van der Waals surface area (Å²) in [6, 6.07) is 26.4. The van der Waals surface area contributed by atoms with E-state index in [2.05, 4.69) is 15.8 Å². The Morgan fingerprint density at radius 2 is 1.66 bits per heavy atom. The number of nitrogens with zero attached hydrogens (tertiary/aromatic N) is 2. The number of non-ortho nitro benzene ring substituents is 1. The predicted molar refractivity (Wildman–Crippen MR) is 170 cm³/mol. The number of amides is 2. The first kappa shape index (κ1) is 29.8. The number of nitrogens with one attached hydrogen (secondary N) is 2. The van der Waals surface area contributed by atoms with Gasteiger partial charge in [-0.3, -0.25) is 19.7 Å². The van der Waals surface area contributed by atoms with Crippen molar-refractivity contribution >= 4 is 74.5 Å². The molecule has 0 aliphatic carbocycles. The number of benzene rings is 4. The molecule has 0 fully saturated rings. The molecule has 10 nitrogen and oxygen atoms in total. The van der Waals surface area contributed by atoms with Gasteiger partial charge in [0.25, 0.3) is 11.6 Å². The summed E-state index contributed by atoms with van der Waals surface area (Å²) in [6.45, 7) is 0. The van der Waals surface area contributed by atoms with Crippen molar-refractivity contribution in [3.05, 3.63) is 140 Å². The van der Waals surface area contributed by atoms with E-state index in [1.165, 1.54) is 30.5 Å². The molecule has 0 saturated heterocycles. The molecule has 1 heterocycles. The molecule has 0 radical (unpaired) electrons. The maximum absolute atomic E-state index is 13.0. The van der Waals surface area contributed by atoms with Crippen molar-refractivity contribution in [2.75, 3.05) is 5.32 Å². The van der Waals surface area contributed by atoms with Gasteiger partial charge in [-0.15, -0.1) is 11.3 Å². The van der Waals surface area contributed by atoms with Crippen LogP contribution in [0.2, 0.25) is 5.02 Å². The average Bonchev–Trinajstić information content (AvgIpc) is 3.37. The third-order valence-electron chi connectivity index (χ3n) is 6.14. The highest BCUT2D eigenvalue weighted by molar-refractivity contribution is 7.21. The lowest BCUT2D eigenvalue weighted by Gasteiger charge is -2.07. The molecule has 0 spiro atoms. The molecule has 0 saturated carbocycles. The predicted octanol–water partition coefficient (Wildman–Crippen LogP) is 7.10. The van der Waals surface area contributed by atoms with Gasteiger partial charge in [0.1, 0.15) is 10.6 Å². The Bertz CT molecular complexity index is 1940. The number of anilines is 1. The fourth-order valence-corrected chi connectivity index (χ4v) is 5.39. The second-order valence-corrected chi connectivity index (χ2v) is 10.5. The minimum absolute atomic E-state index is 0.0917. The van der Waals surface area contributed by atoms with Crippen molar-refractivity contribution in [2.24, 2.45) is 5.10 Å². The molecular formula is C32H21ClN4O6S. The van der Waals surface area contributed by atoms with Gasteiger partial charge in [0, 0.05) is 45.1 Å². The standard InChI is InChI=1S/C32H21ClN4O6S/c33-29-25-16-15-24(37(41)42)18-27(25)44-30(29)32(40)43-26-9-5-4-8-22(26)19-34-36-31(39)21-11-13-23(14-12-21)35-28(38)17-10-20-6-2-1-3-7-20/h1-19H,(H,35,38)(H,36,39)/b17-10+,34-19-. The van der Waals surface area contributed by atoms with Crippen LogP contribution in [0.15, 0.2) is 108 Å². The third kappa shape index (κ3) is 7.21. The van der Waals surface area contributed by atoms with Crippen LogP contribution < -0.4 is 15.5 Å². The summed E-state index contributed by atoms with van der Waals surface area (Å²) in [5.74, 6) is -1.39. The topological polar surface area (TPSA) is 140 Å². The van der Waals surface area contributed by atoms with E-state index in [1.807, 2.05) is 30.3 Å². The van der Waals surface area contributed by atoms with Gasteiger partial charge < -0.3 is 10.1 Å². The van der Waals surface area contributed by atoms with E-state index in [-0.39, 0.29) is 27.2 Å². The van der Waals surface area contributed by atoms with Gasteiger partial charge in [-0.1, -0.05) is 54.1 Å². The second kappa shape index (κ2) is 13.6. The summed E-state index contributed by atoms with van der Waals surface area (Å²) in [7, 11) is 0. The van der Waals surface area contributed by atoms with Crippen LogP contribution in [0.1, 0.15) is 31.2 Å². The quantitative estimate of drug-likeness (QED) is 0.0448. The number of nitro benzene ring substituents is 1. The minimum atomic E-state index is -0.744. The number of para-hydroxylation sites is 1. The molecule has 0 aliphatic rings. The normalized spacial score (nSPS) is 11.1. The Hall–Kier alpha value is -5.65. The largest absolute Gasteiger partial charge is 0.422 e. The molecule has 0 unspecified atom stereocenters. The monoisotopic (exact) mass is 624 g/mol. The van der Waals surface area contributed by atoms with Gasteiger partial charge in [-0.25, -0.2) is 10.2 Å². The molecule has 44 heavy (non-hydrogen) atoms. The first-order valence-corrected chi connectivity index (χ1v) is 14.1. The molecule has 218 valence electrons. The molecule has 0 aliphatic heterocycles. The molecule has 12 heteroatoms. The van der Waals surface area contributed by atoms with Crippen LogP contribution in [0, 0.1) is 10.1 Å². The number of rotatable bonds is 9. The van der Waals surface area contributed by atoms with Crippen LogP contribution in [0.4, 0.5) is 11.4 Å². The zero-order chi connectivity index (χ0) is 31.1. The molecule has 4 aromatic carbocycles. The van der Waals surface area contributed by atoms with Crippen molar-refractivity contribution in [1.82, 2.24) is 5.43 Å². The zero-order valence-electron chi connectivity index (χ0n) is 22.6. The number of ether oxygens (including phenoxy) is 1. The first-order valence-electron chi connectivity index (χ1n) is 12.9. The van der Waals surface area contributed by atoms with Crippen molar-refractivity contribution < 1.29 is 24.0 Å². The number of hydrazone groups is 1. The fraction of sp³-hybridized carbons (Fsp3) is 0. The van der Waals surface area contributed by atoms with Crippen LogP contribution in [0.5, 0.6) is 5.75 Å². The highest BCUT2D eigenvalue weighted by Crippen LogP contribution is 2.38. The van der Waals surface area contributed by atoms with Crippen LogP contribution in [0.25, 0.3) is 16.2 Å². The Kier molecular flexibility index (Phi) is 9.19. The maximum atomic E-state index is 13.0. The van der Waals surface area contributed by atoms with Gasteiger partial charge in [0.2, 0.25) is 5.91 Å². The van der Waals surface area contributed by atoms with Crippen LogP contribution in [-0.4, -0.2) is 28.9 Å². The Morgan fingerprint density at radius 3 is 2.41 bits per heavy atom. The number of halogens is 1. The van der Waals surface area contributed by atoms with Crippen molar-refractivity contribution in [3.8, 4) is 5.75 Å². The van der Waals surface area contributed by atoms with Gasteiger partial charge in [0.15, 0.2) is 0 Å². The minimum Gasteiger partial charge on any atom is -0.422 e. The number of carbonyl (C=O) groups excluding carboxylic acids is 3. The maximum Gasteiger partial charge on any atom is 0.355 e. The summed E-state index contributed by atoms with van der Waals surface area (Å²) in [5, 5.41) is 18.4. The van der Waals surface area contributed by atoms with Gasteiger partial charge in [-0.05, 0) is 54.1 Å². The van der Waals surface area contributed by atoms with Crippen molar-refractivity contribution in [2.45, 2.75) is 0 Å². The lowest BCUT2D eigenvalue weighted by Crippen LogP contribution is -2.18. The summed E-state index contributed by atoms with van der Waals surface area (Å²) in [4.78, 5) is 48.4. The van der Waals surface area contributed by atoms with E-state index in [0.29, 0.717) is 26.9 Å². The van der Waals surface area contributed by atoms with Crippen LogP contribution >= 0.6 is 22.9 Å². The van der Waals surface area contributed by atoms with E-state index in [0.717, 1.165) is 16.9 Å². The molecule has 0 atom stereocenters. The molecule has 2 amide bonds. The highest BCUT2D eigenvalue weighted by Gasteiger charge is 2.21. The van der Waals surface area contributed by atoms with Crippen molar-refractivity contribution in [3.63, 3.8) is 0 Å². The average molecular weight is 625 g/mol. The number of thiophene rings is 1. The molecule has 5 rings (SSSR count). The lowest BCUT2D eigenvalue weighted by molar-refractivity contribution is -0.384. The SMILES string of the molecule is O=C(/C=C/c1ccccc1)Nc1ccc(C(=O)N/N=C\c2ccccc2OC(=O)c2sc3cc([N+](=O)[O-])ccc3c2Cl)cc1. The number of nitro groups is 1. The van der Waals surface area contributed by atoms with E-state index in [1.54, 1.807) is 54.6 Å². The summed E-state index contributed by atoms with van der Waals surface area (Å²) >= 11 is 7.37. The smallest absolute Gasteiger partial charge is 0.355 e. The van der Waals surface area contributed by atoms with Crippen LogP contribution in [-0.2, 0) is 4.79 Å². The van der Waals surface area contributed by atoms with Gasteiger partial charge >= 0.3 is 5.97 Å². The Morgan fingerprint density at radius 1 is 0.932 bits per heavy atom. The molecule has 0 bridgehead atoms. The first-order chi connectivity index (χ1) is 21.3. The Labute approximate surface area is 259 Å². The summed E-state index contributed by atoms with van der Waals surface area (Å²) in [6.07, 6.45) is 4.44. The number of hydrogen-bond acceptors (Lipinski definition) is 8. The lowest BCUT2D eigenvalue weighted by atomic mass is 10.2. The number of fused-ring (bicyclic) bond motifs is 1. The number of carbonyl (C=O) groups is 3. The van der Waals surface area contributed by atoms with Gasteiger partial charge in [0.05, 0.1) is 16.2 Å². The zero-order valence-corrected chi connectivity index (χ0v) is 24.2. The number of hydrogen-bond donors (Lipinski definition) is 2. The number of esters is 1. The Balaban J connectivity index is 1.20. The van der Waals surface area contributed by atoms with E-state index in [9.17, 15) is 24.5 Å². The van der Waals surface area contributed by atoms with Crippen LogP contribution in [0.3, 0.4) is 0 Å². The van der Waals surface area contributed by atoms with Gasteiger partial charge in [-0.2, -0.15) is 5.10 Å². The highest BCUT2D eigenvalue weighted by atomic mass is 35.5. The summed E-state index contributed by atoms with van der Waals surface area (Å²) in [5.41, 5.74) is 4.41. The van der Waals surface area contributed by atoms with E-state index >= 15 is 0 Å². The molecule has 1 aromatic heterocycles. The van der Waals surface area contributed by atoms with E-state index in [4.69, 9.17) is 16.3 Å². The van der Waals surface area contributed by atoms with E-state index < -0.39 is 16.8 Å². The summed E-state index contributed by atoms with van der Waals surface area (Å²) < 4.78 is 6.03. The van der Waals surface area contributed by atoms with Crippen molar-refractivity contribution in [1.29, 1.82) is 0 Å². The fourth-order valence-electron chi connectivity index (χ4n) is 3.97. The molecule has 5 aromatic rings. The third-order valence-corrected chi connectivity index (χ3v) is 7.78. The molecular weight excluding hydrogens is 604 g/mol. The molecule has 2 N–H and O–H groups in total. The second-order valence-electron chi connectivity index (χ2n) is 9.12.